The van der Waals surface area contributed by atoms with E-state index in [1.54, 1.807) is 7.11 Å². The quantitative estimate of drug-likeness (QED) is 0.781. The van der Waals surface area contributed by atoms with Gasteiger partial charge in [0.25, 0.3) is 0 Å². The van der Waals surface area contributed by atoms with Crippen LogP contribution in [0.1, 0.15) is 19.4 Å². The van der Waals surface area contributed by atoms with E-state index in [9.17, 15) is 5.11 Å². The number of ether oxygens (including phenoxy) is 2. The topological polar surface area (TPSA) is 41.9 Å². The van der Waals surface area contributed by atoms with Gasteiger partial charge in [-0.1, -0.05) is 12.1 Å². The monoisotopic (exact) mass is 267 g/mol. The fourth-order valence-corrected chi connectivity index (χ4v) is 1.82. The van der Waals surface area contributed by atoms with Gasteiger partial charge < -0.3 is 14.6 Å². The van der Waals surface area contributed by atoms with Gasteiger partial charge in [0.05, 0.1) is 25.9 Å². The molecule has 0 aromatic heterocycles. The second-order valence-corrected chi connectivity index (χ2v) is 5.08. The zero-order chi connectivity index (χ0) is 14.3. The molecule has 1 aromatic rings. The molecule has 4 heteroatoms. The largest absolute Gasteiger partial charge is 0.497 e. The summed E-state index contributed by atoms with van der Waals surface area (Å²) in [7, 11) is 3.65. The average molecular weight is 267 g/mol. The lowest BCUT2D eigenvalue weighted by Crippen LogP contribution is -2.32. The first-order valence-corrected chi connectivity index (χ1v) is 6.62. The Balaban J connectivity index is 2.34. The number of aliphatic hydroxyl groups is 1. The van der Waals surface area contributed by atoms with Gasteiger partial charge in [0.1, 0.15) is 5.75 Å². The number of hydrogen-bond donors (Lipinski definition) is 1. The number of aliphatic hydroxyl groups excluding tert-OH is 1. The van der Waals surface area contributed by atoms with Crippen LogP contribution in [-0.2, 0) is 11.3 Å². The van der Waals surface area contributed by atoms with Crippen LogP contribution in [0, 0.1) is 0 Å². The van der Waals surface area contributed by atoms with Crippen molar-refractivity contribution in [1.29, 1.82) is 0 Å². The van der Waals surface area contributed by atoms with Crippen molar-refractivity contribution in [1.82, 2.24) is 4.90 Å². The predicted octanol–water partition coefficient (Wildman–Crippen LogP) is 1.91. The second kappa shape index (κ2) is 8.15. The molecule has 0 radical (unpaired) electrons. The maximum absolute atomic E-state index is 9.84. The van der Waals surface area contributed by atoms with E-state index >= 15 is 0 Å². The Bertz CT molecular complexity index is 351. The Hall–Kier alpha value is -1.10. The molecule has 0 saturated heterocycles. The molecule has 0 aliphatic carbocycles. The fraction of sp³-hybridized carbons (Fsp3) is 0.600. The number of benzene rings is 1. The summed E-state index contributed by atoms with van der Waals surface area (Å²) in [6, 6.07) is 7.96. The first-order valence-electron chi connectivity index (χ1n) is 6.62. The normalized spacial score (nSPS) is 13.0. The van der Waals surface area contributed by atoms with Crippen molar-refractivity contribution in [2.75, 3.05) is 27.3 Å². The van der Waals surface area contributed by atoms with E-state index in [0.29, 0.717) is 13.2 Å². The number of likely N-dealkylation sites (N-methyl/N-ethyl adjacent to an activating group) is 1. The summed E-state index contributed by atoms with van der Waals surface area (Å²) in [5, 5.41) is 9.84. The van der Waals surface area contributed by atoms with Crippen molar-refractivity contribution in [2.45, 2.75) is 32.6 Å². The highest BCUT2D eigenvalue weighted by Crippen LogP contribution is 2.12. The van der Waals surface area contributed by atoms with Crippen molar-refractivity contribution >= 4 is 0 Å². The summed E-state index contributed by atoms with van der Waals surface area (Å²) in [6.07, 6.45) is -0.299. The molecule has 1 N–H and O–H groups in total. The van der Waals surface area contributed by atoms with Crippen molar-refractivity contribution in [3.8, 4) is 5.75 Å². The number of rotatable bonds is 8. The molecular weight excluding hydrogens is 242 g/mol. The maximum Gasteiger partial charge on any atom is 0.118 e. The third-order valence-corrected chi connectivity index (χ3v) is 2.76. The molecule has 108 valence electrons. The van der Waals surface area contributed by atoms with Gasteiger partial charge in [-0.05, 0) is 38.6 Å². The van der Waals surface area contributed by atoms with E-state index in [1.807, 2.05) is 45.2 Å². The van der Waals surface area contributed by atoms with Crippen LogP contribution in [0.5, 0.6) is 5.75 Å². The van der Waals surface area contributed by atoms with Gasteiger partial charge in [0, 0.05) is 13.1 Å². The van der Waals surface area contributed by atoms with Crippen molar-refractivity contribution < 1.29 is 14.6 Å². The lowest BCUT2D eigenvalue weighted by Gasteiger charge is -2.21. The van der Waals surface area contributed by atoms with Crippen LogP contribution in [0.4, 0.5) is 0 Å². The molecule has 0 amide bonds. The van der Waals surface area contributed by atoms with Gasteiger partial charge >= 0.3 is 0 Å². The van der Waals surface area contributed by atoms with Crippen LogP contribution < -0.4 is 4.74 Å². The highest BCUT2D eigenvalue weighted by molar-refractivity contribution is 5.27. The van der Waals surface area contributed by atoms with Crippen molar-refractivity contribution in [2.24, 2.45) is 0 Å². The Morgan fingerprint density at radius 3 is 2.37 bits per heavy atom. The molecule has 4 nitrogen and oxygen atoms in total. The Kier molecular flexibility index (Phi) is 6.84. The summed E-state index contributed by atoms with van der Waals surface area (Å²) < 4.78 is 10.5. The molecule has 1 aromatic carbocycles. The van der Waals surface area contributed by atoms with E-state index in [-0.39, 0.29) is 6.10 Å². The lowest BCUT2D eigenvalue weighted by molar-refractivity contribution is -0.00634. The second-order valence-electron chi connectivity index (χ2n) is 5.08. The first-order chi connectivity index (χ1) is 9.01. The molecule has 1 atom stereocenters. The van der Waals surface area contributed by atoms with E-state index in [2.05, 4.69) is 4.90 Å². The molecule has 0 spiro atoms. The van der Waals surface area contributed by atoms with Crippen LogP contribution >= 0.6 is 0 Å². The van der Waals surface area contributed by atoms with Gasteiger partial charge in [-0.15, -0.1) is 0 Å². The summed E-state index contributed by atoms with van der Waals surface area (Å²) in [4.78, 5) is 2.08. The average Bonchev–Trinajstić information content (AvgIpc) is 2.37. The molecule has 19 heavy (non-hydrogen) atoms. The summed E-state index contributed by atoms with van der Waals surface area (Å²) in [5.74, 6) is 0.858. The van der Waals surface area contributed by atoms with E-state index in [4.69, 9.17) is 9.47 Å². The number of nitrogens with zero attached hydrogens (tertiary/aromatic N) is 1. The van der Waals surface area contributed by atoms with E-state index in [0.717, 1.165) is 12.3 Å². The van der Waals surface area contributed by atoms with E-state index in [1.165, 1.54) is 5.56 Å². The summed E-state index contributed by atoms with van der Waals surface area (Å²) >= 11 is 0. The first kappa shape index (κ1) is 16.0. The van der Waals surface area contributed by atoms with Gasteiger partial charge in [0.15, 0.2) is 0 Å². The van der Waals surface area contributed by atoms with Crippen LogP contribution in [0.15, 0.2) is 24.3 Å². The Morgan fingerprint density at radius 1 is 1.21 bits per heavy atom. The highest BCUT2D eigenvalue weighted by atomic mass is 16.5. The van der Waals surface area contributed by atoms with Gasteiger partial charge in [-0.25, -0.2) is 0 Å². The summed E-state index contributed by atoms with van der Waals surface area (Å²) in [6.45, 7) is 5.70. The van der Waals surface area contributed by atoms with Gasteiger partial charge in [-0.3, -0.25) is 4.90 Å². The molecule has 0 saturated carbocycles. The van der Waals surface area contributed by atoms with Gasteiger partial charge in [0.2, 0.25) is 0 Å². The minimum Gasteiger partial charge on any atom is -0.497 e. The molecule has 0 aliphatic heterocycles. The van der Waals surface area contributed by atoms with Crippen molar-refractivity contribution in [3.05, 3.63) is 29.8 Å². The number of methoxy groups -OCH3 is 1. The number of hydrogen-bond acceptors (Lipinski definition) is 4. The maximum atomic E-state index is 9.84. The minimum atomic E-state index is -0.453. The zero-order valence-corrected chi connectivity index (χ0v) is 12.3. The Labute approximate surface area is 115 Å². The summed E-state index contributed by atoms with van der Waals surface area (Å²) in [5.41, 5.74) is 1.19. The van der Waals surface area contributed by atoms with Crippen LogP contribution in [0.3, 0.4) is 0 Å². The van der Waals surface area contributed by atoms with Crippen LogP contribution in [0.25, 0.3) is 0 Å². The standard InChI is InChI=1S/C15H25NO3/c1-12(2)19-11-14(17)10-16(3)9-13-5-7-15(18-4)8-6-13/h5-8,12,14,17H,9-11H2,1-4H3/t14-/m1/s1. The zero-order valence-electron chi connectivity index (χ0n) is 12.3. The molecule has 0 heterocycles. The minimum absolute atomic E-state index is 0.154. The van der Waals surface area contributed by atoms with E-state index < -0.39 is 6.10 Å². The van der Waals surface area contributed by atoms with Crippen LogP contribution in [-0.4, -0.2) is 49.5 Å². The Morgan fingerprint density at radius 2 is 1.84 bits per heavy atom. The molecule has 0 unspecified atom stereocenters. The highest BCUT2D eigenvalue weighted by Gasteiger charge is 2.09. The third-order valence-electron chi connectivity index (χ3n) is 2.76. The third kappa shape index (κ3) is 6.57. The smallest absolute Gasteiger partial charge is 0.118 e. The molecule has 0 fully saturated rings. The van der Waals surface area contributed by atoms with Crippen LogP contribution in [0.2, 0.25) is 0 Å². The SMILES string of the molecule is COc1ccc(CN(C)C[C@@H](O)COC(C)C)cc1. The molecule has 0 bridgehead atoms. The van der Waals surface area contributed by atoms with Gasteiger partial charge in [-0.2, -0.15) is 0 Å². The predicted molar refractivity (Wildman–Crippen MR) is 76.4 cm³/mol. The fourth-order valence-electron chi connectivity index (χ4n) is 1.82. The van der Waals surface area contributed by atoms with Crippen molar-refractivity contribution in [3.63, 3.8) is 0 Å². The lowest BCUT2D eigenvalue weighted by atomic mass is 10.2. The molecule has 0 aliphatic rings. The molecule has 1 rings (SSSR count). The molecular formula is C15H25NO3.